The minimum Gasteiger partial charge on any atom is -0.391 e. The molecule has 0 aliphatic rings. The van der Waals surface area contributed by atoms with E-state index in [2.05, 4.69) is 11.9 Å². The number of rotatable bonds is 5. The molecule has 90 valence electrons. The maximum Gasteiger partial charge on any atom is 0.253 e. The molecule has 3 N–H and O–H groups in total. The van der Waals surface area contributed by atoms with Gasteiger partial charge in [-0.3, -0.25) is 10.2 Å². The van der Waals surface area contributed by atoms with Crippen molar-refractivity contribution in [2.45, 2.75) is 26.4 Å². The van der Waals surface area contributed by atoms with E-state index in [0.717, 1.165) is 0 Å². The molecule has 0 atom stereocenters. The first-order valence-electron chi connectivity index (χ1n) is 4.78. The monoisotopic (exact) mass is 228 g/mol. The molecule has 0 rings (SSSR count). The summed E-state index contributed by atoms with van der Waals surface area (Å²) in [6.07, 6.45) is 1.42. The van der Waals surface area contributed by atoms with Gasteiger partial charge < -0.3 is 10.4 Å². The fourth-order valence-corrected chi connectivity index (χ4v) is 0.882. The molecule has 0 saturated carbocycles. The summed E-state index contributed by atoms with van der Waals surface area (Å²) in [5.41, 5.74) is -2.12. The van der Waals surface area contributed by atoms with E-state index in [0.29, 0.717) is 0 Å². The molecule has 0 heterocycles. The van der Waals surface area contributed by atoms with Crippen LogP contribution in [0.3, 0.4) is 0 Å². The number of carbonyl (C=O) groups is 1. The minimum absolute atomic E-state index is 0.0381. The Balaban J connectivity index is 4.76. The molecule has 0 bridgehead atoms. The number of carbonyl (C=O) groups excluding carboxylic acids is 1. The van der Waals surface area contributed by atoms with Gasteiger partial charge in [-0.25, -0.2) is 4.39 Å². The van der Waals surface area contributed by atoms with Crippen molar-refractivity contribution in [3.8, 4) is 0 Å². The Morgan fingerprint density at radius 1 is 1.62 bits per heavy atom. The number of amides is 1. The zero-order chi connectivity index (χ0) is 12.9. The number of halogens is 1. The molecule has 0 aliphatic heterocycles. The lowest BCUT2D eigenvalue weighted by Gasteiger charge is -2.19. The minimum atomic E-state index is -1.84. The van der Waals surface area contributed by atoms with Crippen LogP contribution in [-0.4, -0.2) is 29.0 Å². The maximum absolute atomic E-state index is 13.5. The molecular weight excluding hydrogens is 211 g/mol. The summed E-state index contributed by atoms with van der Waals surface area (Å²) in [5.74, 6) is -0.621. The van der Waals surface area contributed by atoms with Gasteiger partial charge in [-0.05, 0) is 20.8 Å². The van der Waals surface area contributed by atoms with Gasteiger partial charge in [0.15, 0.2) is 0 Å². The van der Waals surface area contributed by atoms with E-state index in [4.69, 9.17) is 10.5 Å². The van der Waals surface area contributed by atoms with E-state index >= 15 is 0 Å². The zero-order valence-electron chi connectivity index (χ0n) is 9.72. The molecule has 16 heavy (non-hydrogen) atoms. The predicted octanol–water partition coefficient (Wildman–Crippen LogP) is 1.32. The molecule has 0 radical (unpaired) electrons. The summed E-state index contributed by atoms with van der Waals surface area (Å²) in [4.78, 5) is 11.3. The highest BCUT2D eigenvalue weighted by molar-refractivity contribution is 6.07. The van der Waals surface area contributed by atoms with Crippen LogP contribution in [0.5, 0.6) is 0 Å². The third-order valence-corrected chi connectivity index (χ3v) is 1.91. The average molecular weight is 228 g/mol. The van der Waals surface area contributed by atoms with Crippen LogP contribution in [0.25, 0.3) is 0 Å². The third-order valence-electron chi connectivity index (χ3n) is 1.91. The Hall–Kier alpha value is -1.49. The number of hydrogen-bond donors (Lipinski definition) is 3. The second-order valence-corrected chi connectivity index (χ2v) is 3.77. The number of aliphatic hydroxyl groups is 1. The maximum atomic E-state index is 13.5. The Morgan fingerprint density at radius 2 is 2.12 bits per heavy atom. The molecule has 5 heteroatoms. The quantitative estimate of drug-likeness (QED) is 0.490. The Kier molecular flexibility index (Phi) is 5.04. The van der Waals surface area contributed by atoms with Crippen molar-refractivity contribution in [2.24, 2.45) is 0 Å². The first kappa shape index (κ1) is 14.5. The van der Waals surface area contributed by atoms with E-state index in [1.807, 2.05) is 0 Å². The molecule has 0 unspecified atom stereocenters. The number of allylic oxidation sites excluding steroid dienone is 2. The molecule has 0 spiro atoms. The standard InChI is InChI=1S/C11H17FN2O2/c1-5-8(9(13)11(3,4)12)14-10(16)7(2)6-15/h5,13,15H,2,6H2,1,3-4H3,(H,14,16)/b8-5-,13-9?. The van der Waals surface area contributed by atoms with Crippen molar-refractivity contribution in [3.63, 3.8) is 0 Å². The Morgan fingerprint density at radius 3 is 2.44 bits per heavy atom. The van der Waals surface area contributed by atoms with Gasteiger partial charge >= 0.3 is 0 Å². The summed E-state index contributed by atoms with van der Waals surface area (Å²) in [6.45, 7) is 6.89. The van der Waals surface area contributed by atoms with E-state index < -0.39 is 18.2 Å². The Labute approximate surface area is 94.4 Å². The van der Waals surface area contributed by atoms with Crippen LogP contribution < -0.4 is 5.32 Å². The van der Waals surface area contributed by atoms with Gasteiger partial charge in [-0.2, -0.15) is 0 Å². The van der Waals surface area contributed by atoms with Gasteiger partial charge in [0.2, 0.25) is 0 Å². The van der Waals surface area contributed by atoms with Crippen LogP contribution in [-0.2, 0) is 4.79 Å². The molecule has 0 aliphatic carbocycles. The topological polar surface area (TPSA) is 73.2 Å². The van der Waals surface area contributed by atoms with Gasteiger partial charge in [0, 0.05) is 5.57 Å². The van der Waals surface area contributed by atoms with Gasteiger partial charge in [-0.1, -0.05) is 12.7 Å². The van der Waals surface area contributed by atoms with Gasteiger partial charge in [0.25, 0.3) is 5.91 Å². The van der Waals surface area contributed by atoms with Crippen molar-refractivity contribution < 1.29 is 14.3 Å². The van der Waals surface area contributed by atoms with E-state index in [1.54, 1.807) is 6.92 Å². The van der Waals surface area contributed by atoms with Crippen LogP contribution in [0.4, 0.5) is 4.39 Å². The van der Waals surface area contributed by atoms with Gasteiger partial charge in [0.05, 0.1) is 18.0 Å². The lowest BCUT2D eigenvalue weighted by Crippen LogP contribution is -2.36. The molecule has 0 aromatic heterocycles. The normalized spacial score (nSPS) is 12.2. The molecule has 0 fully saturated rings. The predicted molar refractivity (Wildman–Crippen MR) is 61.0 cm³/mol. The van der Waals surface area contributed by atoms with Crippen LogP contribution in [0.2, 0.25) is 0 Å². The molecule has 4 nitrogen and oxygen atoms in total. The summed E-state index contributed by atoms with van der Waals surface area (Å²) < 4.78 is 13.5. The van der Waals surface area contributed by atoms with Crippen molar-refractivity contribution in [3.05, 3.63) is 23.9 Å². The van der Waals surface area contributed by atoms with Gasteiger partial charge in [-0.15, -0.1) is 0 Å². The number of alkyl halides is 1. The highest BCUT2D eigenvalue weighted by atomic mass is 19.1. The highest BCUT2D eigenvalue weighted by Crippen LogP contribution is 2.14. The first-order chi connectivity index (χ1) is 7.23. The van der Waals surface area contributed by atoms with Crippen molar-refractivity contribution in [1.82, 2.24) is 5.32 Å². The van der Waals surface area contributed by atoms with E-state index in [1.165, 1.54) is 19.9 Å². The molecule has 0 aromatic carbocycles. The lowest BCUT2D eigenvalue weighted by molar-refractivity contribution is -0.117. The highest BCUT2D eigenvalue weighted by Gasteiger charge is 2.26. The molecule has 0 aromatic rings. The average Bonchev–Trinajstić information content (AvgIpc) is 2.21. The number of nitrogens with one attached hydrogen (secondary N) is 2. The summed E-state index contributed by atoms with van der Waals surface area (Å²) in [6, 6.07) is 0. The van der Waals surface area contributed by atoms with Crippen LogP contribution >= 0.6 is 0 Å². The number of aliphatic hydroxyl groups excluding tert-OH is 1. The largest absolute Gasteiger partial charge is 0.391 e. The zero-order valence-corrected chi connectivity index (χ0v) is 9.72. The Bertz CT molecular complexity index is 340. The summed E-state index contributed by atoms with van der Waals surface area (Å²) in [7, 11) is 0. The summed E-state index contributed by atoms with van der Waals surface area (Å²) >= 11 is 0. The van der Waals surface area contributed by atoms with Crippen molar-refractivity contribution in [2.75, 3.05) is 6.61 Å². The van der Waals surface area contributed by atoms with Crippen molar-refractivity contribution in [1.29, 1.82) is 5.41 Å². The van der Waals surface area contributed by atoms with Gasteiger partial charge in [0.1, 0.15) is 5.67 Å². The molecule has 0 saturated heterocycles. The van der Waals surface area contributed by atoms with Crippen LogP contribution in [0, 0.1) is 5.41 Å². The summed E-state index contributed by atoms with van der Waals surface area (Å²) in [5, 5.41) is 18.5. The lowest BCUT2D eigenvalue weighted by atomic mass is 10.0. The van der Waals surface area contributed by atoms with E-state index in [-0.39, 0.29) is 17.0 Å². The second-order valence-electron chi connectivity index (χ2n) is 3.77. The fraction of sp³-hybridized carbons (Fsp3) is 0.455. The number of hydrogen-bond acceptors (Lipinski definition) is 3. The second kappa shape index (κ2) is 5.55. The van der Waals surface area contributed by atoms with Crippen LogP contribution in [0.1, 0.15) is 20.8 Å². The smallest absolute Gasteiger partial charge is 0.253 e. The van der Waals surface area contributed by atoms with E-state index in [9.17, 15) is 9.18 Å². The SMILES string of the molecule is C=C(CO)C(=O)N/C(=C\C)C(=N)C(C)(C)F. The third kappa shape index (κ3) is 3.94. The first-order valence-corrected chi connectivity index (χ1v) is 4.78. The van der Waals surface area contributed by atoms with Crippen molar-refractivity contribution >= 4 is 11.6 Å². The van der Waals surface area contributed by atoms with Crippen LogP contribution in [0.15, 0.2) is 23.9 Å². The fourth-order valence-electron chi connectivity index (χ4n) is 0.882. The molecule has 1 amide bonds. The molecular formula is C11H17FN2O2.